The van der Waals surface area contributed by atoms with E-state index in [9.17, 15) is 9.18 Å². The molecule has 1 amide bonds. The number of carbonyl (C=O) groups excluding carboxylic acids is 1. The van der Waals surface area contributed by atoms with E-state index in [0.717, 1.165) is 19.4 Å². The van der Waals surface area contributed by atoms with Gasteiger partial charge in [0.15, 0.2) is 11.6 Å². The molecular formula is C19H24ClFN6O2. The van der Waals surface area contributed by atoms with E-state index < -0.39 is 11.2 Å². The van der Waals surface area contributed by atoms with Crippen LogP contribution in [0.25, 0.3) is 0 Å². The summed E-state index contributed by atoms with van der Waals surface area (Å²) in [5.74, 6) is 0.283. The van der Waals surface area contributed by atoms with Crippen LogP contribution in [0.15, 0.2) is 12.1 Å². The number of rotatable bonds is 5. The fraction of sp³-hybridized carbons (Fsp3) is 0.579. The first-order valence-corrected chi connectivity index (χ1v) is 10.1. The van der Waals surface area contributed by atoms with Gasteiger partial charge in [-0.05, 0) is 42.9 Å². The van der Waals surface area contributed by atoms with E-state index in [1.807, 2.05) is 4.90 Å². The molecule has 2 fully saturated rings. The number of aromatic amines is 1. The van der Waals surface area contributed by atoms with E-state index in [1.165, 1.54) is 13.2 Å². The number of benzene rings is 1. The highest BCUT2D eigenvalue weighted by atomic mass is 35.5. The number of nitrogens with zero attached hydrogens (tertiary/aromatic N) is 4. The summed E-state index contributed by atoms with van der Waals surface area (Å²) in [7, 11) is 1.39. The maximum Gasteiger partial charge on any atom is 0.265 e. The summed E-state index contributed by atoms with van der Waals surface area (Å²) in [5.41, 5.74) is -0.223. The second-order valence-corrected chi connectivity index (χ2v) is 8.39. The fourth-order valence-electron chi connectivity index (χ4n) is 4.16. The average Bonchev–Trinajstić information content (AvgIpc) is 3.37. The lowest BCUT2D eigenvalue weighted by molar-refractivity contribution is -0.124. The number of anilines is 1. The molecule has 0 radical (unpaired) electrons. The highest BCUT2D eigenvalue weighted by molar-refractivity contribution is 6.31. The summed E-state index contributed by atoms with van der Waals surface area (Å²) in [6.45, 7) is 3.57. The van der Waals surface area contributed by atoms with Crippen molar-refractivity contribution in [3.05, 3.63) is 28.5 Å². The van der Waals surface area contributed by atoms with E-state index in [1.54, 1.807) is 6.07 Å². The smallest absolute Gasteiger partial charge is 0.265 e. The van der Waals surface area contributed by atoms with E-state index in [-0.39, 0.29) is 22.7 Å². The number of hydrogen-bond acceptors (Lipinski definition) is 6. The van der Waals surface area contributed by atoms with E-state index in [4.69, 9.17) is 16.3 Å². The molecule has 2 aliphatic rings. The Hall–Kier alpha value is -2.42. The minimum Gasteiger partial charge on any atom is -0.493 e. The zero-order valence-electron chi connectivity index (χ0n) is 16.4. The number of tetrazole rings is 1. The average molecular weight is 423 g/mol. The van der Waals surface area contributed by atoms with Crippen LogP contribution < -0.4 is 15.0 Å². The monoisotopic (exact) mass is 422 g/mol. The highest BCUT2D eigenvalue weighted by Crippen LogP contribution is 2.52. The molecular weight excluding hydrogens is 399 g/mol. The Labute approximate surface area is 173 Å². The topological polar surface area (TPSA) is 96.0 Å². The summed E-state index contributed by atoms with van der Waals surface area (Å²) in [6, 6.07) is 3.10. The first kappa shape index (κ1) is 19.9. The molecule has 1 saturated carbocycles. The van der Waals surface area contributed by atoms with Crippen LogP contribution in [0, 0.1) is 11.7 Å². The molecule has 156 valence electrons. The van der Waals surface area contributed by atoms with Crippen molar-refractivity contribution < 1.29 is 13.9 Å². The van der Waals surface area contributed by atoms with Crippen molar-refractivity contribution in [1.82, 2.24) is 25.9 Å². The van der Waals surface area contributed by atoms with E-state index >= 15 is 0 Å². The number of aromatic nitrogens is 4. The van der Waals surface area contributed by atoms with Gasteiger partial charge in [0.1, 0.15) is 0 Å². The maximum absolute atomic E-state index is 14.4. The van der Waals surface area contributed by atoms with Crippen molar-refractivity contribution in [3.63, 3.8) is 0 Å². The third kappa shape index (κ3) is 3.75. The molecule has 2 N–H and O–H groups in total. The Balaban J connectivity index is 1.54. The number of methoxy groups -OCH3 is 1. The highest BCUT2D eigenvalue weighted by Gasteiger charge is 2.54. The van der Waals surface area contributed by atoms with Crippen molar-refractivity contribution in [1.29, 1.82) is 0 Å². The van der Waals surface area contributed by atoms with Gasteiger partial charge in [0, 0.05) is 24.7 Å². The second-order valence-electron chi connectivity index (χ2n) is 7.98. The Morgan fingerprint density at radius 1 is 1.45 bits per heavy atom. The molecule has 2 heterocycles. The predicted octanol–water partition coefficient (Wildman–Crippen LogP) is 2.45. The molecule has 2 atom stereocenters. The van der Waals surface area contributed by atoms with E-state index in [0.29, 0.717) is 36.8 Å². The zero-order chi connectivity index (χ0) is 20.6. The lowest BCUT2D eigenvalue weighted by atomic mass is 9.92. The third-order valence-electron chi connectivity index (χ3n) is 5.93. The van der Waals surface area contributed by atoms with Crippen LogP contribution in [0.5, 0.6) is 5.75 Å². The van der Waals surface area contributed by atoms with Crippen molar-refractivity contribution in [3.8, 4) is 5.75 Å². The van der Waals surface area contributed by atoms with Crippen LogP contribution in [0.1, 0.15) is 38.2 Å². The van der Waals surface area contributed by atoms with Crippen LogP contribution >= 0.6 is 11.6 Å². The van der Waals surface area contributed by atoms with Gasteiger partial charge in [-0.3, -0.25) is 4.79 Å². The largest absolute Gasteiger partial charge is 0.493 e. The third-order valence-corrected chi connectivity index (χ3v) is 6.22. The van der Waals surface area contributed by atoms with E-state index in [2.05, 4.69) is 32.9 Å². The van der Waals surface area contributed by atoms with Crippen molar-refractivity contribution in [2.75, 3.05) is 25.1 Å². The normalized spacial score (nSPS) is 23.4. The molecule has 2 unspecified atom stereocenters. The first-order chi connectivity index (χ1) is 13.9. The van der Waals surface area contributed by atoms with Crippen LogP contribution in [0.2, 0.25) is 5.02 Å². The standard InChI is InChI=1S/C19H24ClFN6O2/c1-11-5-8-27(18-23-25-26-24-18)10-12(9-11)22-17(28)19(6-7-19)13-3-4-14(20)15(21)16(13)29-2/h3-4,11-12H,5-10H2,1-2H3,(H,22,28)(H,23,24,25,26). The molecule has 0 bridgehead atoms. The van der Waals surface area contributed by atoms with Gasteiger partial charge in [-0.25, -0.2) is 4.39 Å². The number of carbonyl (C=O) groups is 1. The van der Waals surface area contributed by atoms with Gasteiger partial charge in [0.05, 0.1) is 17.5 Å². The summed E-state index contributed by atoms with van der Waals surface area (Å²) < 4.78 is 19.7. The van der Waals surface area contributed by atoms with Gasteiger partial charge in [0.25, 0.3) is 5.95 Å². The number of hydrogen-bond donors (Lipinski definition) is 2. The molecule has 1 saturated heterocycles. The molecule has 10 heteroatoms. The van der Waals surface area contributed by atoms with Crippen LogP contribution in [0.3, 0.4) is 0 Å². The summed E-state index contributed by atoms with van der Waals surface area (Å²) >= 11 is 5.89. The quantitative estimate of drug-likeness (QED) is 0.768. The lowest BCUT2D eigenvalue weighted by Crippen LogP contribution is -2.47. The molecule has 1 aliphatic heterocycles. The van der Waals surface area contributed by atoms with Gasteiger partial charge >= 0.3 is 0 Å². The molecule has 0 spiro atoms. The number of ether oxygens (including phenoxy) is 1. The van der Waals surface area contributed by atoms with Gasteiger partial charge in [0.2, 0.25) is 5.91 Å². The minimum absolute atomic E-state index is 0.0184. The molecule has 1 aliphatic carbocycles. The first-order valence-electron chi connectivity index (χ1n) is 9.76. The van der Waals surface area contributed by atoms with Crippen molar-refractivity contribution in [2.24, 2.45) is 5.92 Å². The SMILES string of the molecule is COc1c(C2(C(=O)NC3CC(C)CCN(c4nn[nH]n4)C3)CC2)ccc(Cl)c1F. The van der Waals surface area contributed by atoms with Gasteiger partial charge < -0.3 is 15.0 Å². The molecule has 1 aromatic heterocycles. The predicted molar refractivity (Wildman–Crippen MR) is 106 cm³/mol. The summed E-state index contributed by atoms with van der Waals surface area (Å²) in [6.07, 6.45) is 3.12. The Morgan fingerprint density at radius 2 is 2.24 bits per heavy atom. The Morgan fingerprint density at radius 3 is 2.90 bits per heavy atom. The molecule has 1 aromatic carbocycles. The zero-order valence-corrected chi connectivity index (χ0v) is 17.2. The van der Waals surface area contributed by atoms with Gasteiger partial charge in [-0.15, -0.1) is 5.10 Å². The van der Waals surface area contributed by atoms with Crippen LogP contribution in [-0.2, 0) is 10.2 Å². The molecule has 4 rings (SSSR count). The minimum atomic E-state index is -0.775. The molecule has 2 aromatic rings. The summed E-state index contributed by atoms with van der Waals surface area (Å²) in [4.78, 5) is 15.3. The summed E-state index contributed by atoms with van der Waals surface area (Å²) in [5, 5.41) is 17.4. The second kappa shape index (κ2) is 7.78. The van der Waals surface area contributed by atoms with Gasteiger partial charge in [-0.1, -0.05) is 29.7 Å². The number of nitrogens with one attached hydrogen (secondary N) is 2. The molecule has 29 heavy (non-hydrogen) atoms. The van der Waals surface area contributed by atoms with Crippen molar-refractivity contribution >= 4 is 23.5 Å². The van der Waals surface area contributed by atoms with Crippen LogP contribution in [-0.4, -0.2) is 52.8 Å². The number of halogens is 2. The number of amides is 1. The number of H-pyrrole nitrogens is 1. The van der Waals surface area contributed by atoms with Gasteiger partial charge in [-0.2, -0.15) is 5.21 Å². The Bertz CT molecular complexity index is 889. The lowest BCUT2D eigenvalue weighted by Gasteiger charge is -2.26. The van der Waals surface area contributed by atoms with Crippen LogP contribution in [0.4, 0.5) is 10.3 Å². The molecule has 8 nitrogen and oxygen atoms in total. The Kier molecular flexibility index (Phi) is 5.33. The fourth-order valence-corrected chi connectivity index (χ4v) is 4.31. The maximum atomic E-state index is 14.4. The van der Waals surface area contributed by atoms with Crippen molar-refractivity contribution in [2.45, 2.75) is 44.1 Å².